The molecule has 0 bridgehead atoms. The molecular weight excluding hydrogens is 647 g/mol. The average Bonchev–Trinajstić information content (AvgIpc) is 3.61. The molecule has 0 N–H and O–H groups in total. The van der Waals surface area contributed by atoms with E-state index in [4.69, 9.17) is 0 Å². The van der Waals surface area contributed by atoms with Crippen LogP contribution in [0.5, 0.6) is 0 Å². The molecule has 0 aliphatic carbocycles. The molecule has 1 nitrogen and oxygen atoms in total. The summed E-state index contributed by atoms with van der Waals surface area (Å²) in [5, 5.41) is 7.61. The lowest BCUT2D eigenvalue weighted by Crippen LogP contribution is -2.10. The number of hydrogen-bond acceptors (Lipinski definition) is 2. The molecule has 0 saturated carbocycles. The molecule has 0 aliphatic rings. The summed E-state index contributed by atoms with van der Waals surface area (Å²) >= 11 is 1.87. The molecule has 52 heavy (non-hydrogen) atoms. The normalized spacial score (nSPS) is 11.5. The van der Waals surface area contributed by atoms with Crippen molar-refractivity contribution in [1.82, 2.24) is 0 Å². The summed E-state index contributed by atoms with van der Waals surface area (Å²) in [6.45, 7) is 0. The van der Waals surface area contributed by atoms with E-state index in [0.29, 0.717) is 0 Å². The summed E-state index contributed by atoms with van der Waals surface area (Å²) in [7, 11) is 0. The van der Waals surface area contributed by atoms with Crippen molar-refractivity contribution in [3.8, 4) is 33.4 Å². The minimum absolute atomic E-state index is 1.12. The molecule has 0 amide bonds. The Morgan fingerprint density at radius 2 is 0.904 bits per heavy atom. The van der Waals surface area contributed by atoms with Crippen molar-refractivity contribution < 1.29 is 0 Å². The van der Waals surface area contributed by atoms with Crippen LogP contribution in [0.3, 0.4) is 0 Å². The second-order valence-electron chi connectivity index (χ2n) is 13.3. The van der Waals surface area contributed by atoms with Crippen LogP contribution >= 0.6 is 11.3 Å². The first-order valence-corrected chi connectivity index (χ1v) is 18.6. The molecule has 0 fully saturated rings. The number of benzene rings is 9. The summed E-state index contributed by atoms with van der Waals surface area (Å²) in [4.78, 5) is 2.44. The SMILES string of the molecule is c1ccc(-c2cccc3ccc(-c4cccc(N(c5ccc(-c6cccc7ccccc67)cc5)c5cccc6c5sc5ccccc56)c4)cc23)cc1. The second-order valence-corrected chi connectivity index (χ2v) is 14.4. The summed E-state index contributed by atoms with van der Waals surface area (Å²) < 4.78 is 2.58. The third kappa shape index (κ3) is 5.24. The van der Waals surface area contributed by atoms with Gasteiger partial charge in [-0.2, -0.15) is 0 Å². The van der Waals surface area contributed by atoms with E-state index in [-0.39, 0.29) is 0 Å². The van der Waals surface area contributed by atoms with Gasteiger partial charge in [-0.1, -0.05) is 158 Å². The molecule has 1 aromatic heterocycles. The monoisotopic (exact) mass is 679 g/mol. The van der Waals surface area contributed by atoms with Gasteiger partial charge in [0.2, 0.25) is 0 Å². The van der Waals surface area contributed by atoms with Gasteiger partial charge in [-0.3, -0.25) is 0 Å². The van der Waals surface area contributed by atoms with E-state index < -0.39 is 0 Å². The van der Waals surface area contributed by atoms with Crippen LogP contribution < -0.4 is 4.90 Å². The molecule has 0 unspecified atom stereocenters. The third-order valence-electron chi connectivity index (χ3n) is 10.3. The lowest BCUT2D eigenvalue weighted by atomic mass is 9.94. The predicted molar refractivity (Wildman–Crippen MR) is 225 cm³/mol. The van der Waals surface area contributed by atoms with Gasteiger partial charge in [0.15, 0.2) is 0 Å². The fourth-order valence-corrected chi connectivity index (χ4v) is 8.96. The van der Waals surface area contributed by atoms with E-state index in [1.54, 1.807) is 0 Å². The Morgan fingerprint density at radius 3 is 1.75 bits per heavy atom. The topological polar surface area (TPSA) is 3.24 Å². The van der Waals surface area contributed by atoms with Crippen LogP contribution in [0.2, 0.25) is 0 Å². The highest BCUT2D eigenvalue weighted by Gasteiger charge is 2.19. The minimum atomic E-state index is 1.12. The summed E-state index contributed by atoms with van der Waals surface area (Å²) in [6.07, 6.45) is 0. The van der Waals surface area contributed by atoms with Gasteiger partial charge in [-0.25, -0.2) is 0 Å². The highest BCUT2D eigenvalue weighted by atomic mass is 32.1. The van der Waals surface area contributed by atoms with Gasteiger partial charge in [-0.05, 0) is 97.4 Å². The molecule has 0 spiro atoms. The number of thiophene rings is 1. The van der Waals surface area contributed by atoms with Crippen molar-refractivity contribution in [3.05, 3.63) is 200 Å². The van der Waals surface area contributed by atoms with E-state index in [1.165, 1.54) is 80.8 Å². The highest BCUT2D eigenvalue weighted by Crippen LogP contribution is 2.46. The lowest BCUT2D eigenvalue weighted by molar-refractivity contribution is 1.30. The van der Waals surface area contributed by atoms with Crippen molar-refractivity contribution in [2.75, 3.05) is 4.90 Å². The molecule has 0 saturated heterocycles. The highest BCUT2D eigenvalue weighted by molar-refractivity contribution is 7.26. The molecule has 0 atom stereocenters. The van der Waals surface area contributed by atoms with Gasteiger partial charge in [0, 0.05) is 26.8 Å². The van der Waals surface area contributed by atoms with Gasteiger partial charge in [-0.15, -0.1) is 11.3 Å². The standard InChI is InChI=1S/C50H33NS/c1-2-12-34(13-3-1)44-22-10-16-36-26-27-39(33-47(36)44)38-17-8-18-41(32-38)51(48-24-11-23-46-45-20-6-7-25-49(45)52-50(46)48)40-30-28-37(29-31-40)43-21-9-15-35-14-4-5-19-42(35)43/h1-33H. The second kappa shape index (κ2) is 12.7. The van der Waals surface area contributed by atoms with E-state index in [2.05, 4.69) is 205 Å². The number of fused-ring (bicyclic) bond motifs is 5. The van der Waals surface area contributed by atoms with E-state index in [1.807, 2.05) is 11.3 Å². The van der Waals surface area contributed by atoms with Gasteiger partial charge in [0.25, 0.3) is 0 Å². The quantitative estimate of drug-likeness (QED) is 0.169. The van der Waals surface area contributed by atoms with Crippen molar-refractivity contribution in [3.63, 3.8) is 0 Å². The summed E-state index contributed by atoms with van der Waals surface area (Å²) in [6, 6.07) is 72.9. The van der Waals surface area contributed by atoms with Crippen LogP contribution in [0.25, 0.3) is 75.1 Å². The zero-order valence-electron chi connectivity index (χ0n) is 28.4. The first-order chi connectivity index (χ1) is 25.8. The largest absolute Gasteiger partial charge is 0.309 e. The zero-order chi connectivity index (χ0) is 34.4. The summed E-state index contributed by atoms with van der Waals surface area (Å²) in [5.74, 6) is 0. The fourth-order valence-electron chi connectivity index (χ4n) is 7.75. The van der Waals surface area contributed by atoms with Crippen LogP contribution in [0.1, 0.15) is 0 Å². The zero-order valence-corrected chi connectivity index (χ0v) is 29.2. The molecule has 1 heterocycles. The summed E-state index contributed by atoms with van der Waals surface area (Å²) in [5.41, 5.74) is 10.7. The average molecular weight is 680 g/mol. The molecule has 10 aromatic rings. The van der Waals surface area contributed by atoms with E-state index >= 15 is 0 Å². The Kier molecular flexibility index (Phi) is 7.41. The Morgan fingerprint density at radius 1 is 0.327 bits per heavy atom. The number of hydrogen-bond donors (Lipinski definition) is 0. The van der Waals surface area contributed by atoms with Crippen LogP contribution in [-0.4, -0.2) is 0 Å². The number of anilines is 3. The van der Waals surface area contributed by atoms with Crippen molar-refractivity contribution in [2.45, 2.75) is 0 Å². The van der Waals surface area contributed by atoms with Gasteiger partial charge in [0.05, 0.1) is 10.4 Å². The Hall–Kier alpha value is -6.48. The maximum atomic E-state index is 2.44. The third-order valence-corrected chi connectivity index (χ3v) is 11.5. The van der Waals surface area contributed by atoms with Crippen molar-refractivity contribution in [2.24, 2.45) is 0 Å². The maximum Gasteiger partial charge on any atom is 0.0640 e. The van der Waals surface area contributed by atoms with Gasteiger partial charge in [0.1, 0.15) is 0 Å². The molecular formula is C50H33NS. The number of nitrogens with zero attached hydrogens (tertiary/aromatic N) is 1. The molecule has 0 radical (unpaired) electrons. The predicted octanol–water partition coefficient (Wildman–Crippen LogP) is 14.8. The van der Waals surface area contributed by atoms with E-state index in [9.17, 15) is 0 Å². The number of rotatable bonds is 6. The molecule has 9 aromatic carbocycles. The molecule has 244 valence electrons. The van der Waals surface area contributed by atoms with Crippen molar-refractivity contribution in [1.29, 1.82) is 0 Å². The van der Waals surface area contributed by atoms with Crippen LogP contribution in [-0.2, 0) is 0 Å². The smallest absolute Gasteiger partial charge is 0.0640 e. The molecule has 10 rings (SSSR count). The van der Waals surface area contributed by atoms with Gasteiger partial charge >= 0.3 is 0 Å². The van der Waals surface area contributed by atoms with Gasteiger partial charge < -0.3 is 4.90 Å². The van der Waals surface area contributed by atoms with Crippen molar-refractivity contribution >= 4 is 70.1 Å². The first-order valence-electron chi connectivity index (χ1n) is 17.8. The Balaban J connectivity index is 1.13. The van der Waals surface area contributed by atoms with E-state index in [0.717, 1.165) is 11.4 Å². The maximum absolute atomic E-state index is 2.44. The van der Waals surface area contributed by atoms with Crippen LogP contribution in [0.4, 0.5) is 17.1 Å². The molecule has 2 heteroatoms. The fraction of sp³-hybridized carbons (Fsp3) is 0. The minimum Gasteiger partial charge on any atom is -0.309 e. The van der Waals surface area contributed by atoms with Crippen LogP contribution in [0.15, 0.2) is 200 Å². The van der Waals surface area contributed by atoms with Crippen LogP contribution in [0, 0.1) is 0 Å². The Bertz CT molecular complexity index is 2900. The lowest BCUT2D eigenvalue weighted by Gasteiger charge is -2.27. The first kappa shape index (κ1) is 30.4. The molecule has 0 aliphatic heterocycles. The Labute approximate surface area is 307 Å².